The summed E-state index contributed by atoms with van der Waals surface area (Å²) in [6.07, 6.45) is 0. The fourth-order valence-electron chi connectivity index (χ4n) is 3.17. The summed E-state index contributed by atoms with van der Waals surface area (Å²) in [6, 6.07) is 9.05. The van der Waals surface area contributed by atoms with Crippen LogP contribution in [0.5, 0.6) is 5.75 Å². The Bertz CT molecular complexity index is 1030. The van der Waals surface area contributed by atoms with Crippen molar-refractivity contribution in [1.82, 2.24) is 4.98 Å². The molecule has 1 N–H and O–H groups in total. The van der Waals surface area contributed by atoms with E-state index in [9.17, 15) is 13.2 Å². The smallest absolute Gasteiger partial charge is 0.273 e. The summed E-state index contributed by atoms with van der Waals surface area (Å²) in [4.78, 5) is 4.52. The minimum Gasteiger partial charge on any atom is -0.495 e. The van der Waals surface area contributed by atoms with Gasteiger partial charge in [0.1, 0.15) is 11.6 Å². The molecule has 0 fully saturated rings. The van der Waals surface area contributed by atoms with Crippen LogP contribution in [0, 0.1) is 12.7 Å². The molecule has 0 radical (unpaired) electrons. The number of nitrogens with zero attached hydrogens (tertiary/aromatic N) is 1. The van der Waals surface area contributed by atoms with Gasteiger partial charge in [-0.15, -0.1) is 0 Å². The summed E-state index contributed by atoms with van der Waals surface area (Å²) in [5.41, 5.74) is 1.77. The Morgan fingerprint density at radius 3 is 2.57 bits per heavy atom. The molecule has 0 aliphatic rings. The highest BCUT2D eigenvalue weighted by Crippen LogP contribution is 2.36. The first-order chi connectivity index (χ1) is 13.1. The van der Waals surface area contributed by atoms with Crippen LogP contribution in [-0.4, -0.2) is 12.1 Å². The van der Waals surface area contributed by atoms with Crippen molar-refractivity contribution < 1.29 is 17.9 Å². The van der Waals surface area contributed by atoms with Crippen molar-refractivity contribution >= 4 is 32.5 Å². The van der Waals surface area contributed by atoms with Crippen molar-refractivity contribution in [3.63, 3.8) is 0 Å². The van der Waals surface area contributed by atoms with Gasteiger partial charge in [0, 0.05) is 35.3 Å². The first-order valence-corrected chi connectivity index (χ1v) is 9.49. The number of rotatable bonds is 5. The average Bonchev–Trinajstić information content (AvgIpc) is 2.60. The van der Waals surface area contributed by atoms with Gasteiger partial charge in [-0.05, 0) is 41.9 Å². The van der Waals surface area contributed by atoms with Crippen LogP contribution in [0.1, 0.15) is 36.7 Å². The highest BCUT2D eigenvalue weighted by molar-refractivity contribution is 9.10. The largest absolute Gasteiger partial charge is 0.495 e. The third-order valence-corrected chi connectivity index (χ3v) is 5.17. The second-order valence-electron chi connectivity index (χ2n) is 6.78. The van der Waals surface area contributed by atoms with Gasteiger partial charge in [-0.3, -0.25) is 4.98 Å². The minimum atomic E-state index is -3.25. The van der Waals surface area contributed by atoms with Gasteiger partial charge < -0.3 is 10.1 Å². The number of ether oxygens (including phenoxy) is 1. The fourth-order valence-corrected chi connectivity index (χ4v) is 3.68. The predicted molar refractivity (Wildman–Crippen MR) is 109 cm³/mol. The Morgan fingerprint density at radius 2 is 1.93 bits per heavy atom. The Labute approximate surface area is 170 Å². The van der Waals surface area contributed by atoms with E-state index in [2.05, 4.69) is 26.2 Å². The maximum atomic E-state index is 14.7. The van der Waals surface area contributed by atoms with E-state index in [-0.39, 0.29) is 5.56 Å². The molecule has 3 rings (SSSR count). The van der Waals surface area contributed by atoms with Crippen LogP contribution in [-0.2, 0) is 5.92 Å². The Kier molecular flexibility index (Phi) is 5.57. The lowest BCUT2D eigenvalue weighted by atomic mass is 10.0. The Morgan fingerprint density at radius 1 is 1.21 bits per heavy atom. The van der Waals surface area contributed by atoms with E-state index in [1.807, 2.05) is 19.1 Å². The maximum absolute atomic E-state index is 14.7. The summed E-state index contributed by atoms with van der Waals surface area (Å²) in [7, 11) is 1.57. The summed E-state index contributed by atoms with van der Waals surface area (Å²) in [5.74, 6) is -3.50. The van der Waals surface area contributed by atoms with E-state index >= 15 is 0 Å². The molecule has 148 valence electrons. The molecular weight excluding hydrogens is 433 g/mol. The van der Waals surface area contributed by atoms with Crippen LogP contribution >= 0.6 is 15.9 Å². The van der Waals surface area contributed by atoms with Crippen LogP contribution in [0.4, 0.5) is 18.9 Å². The molecule has 2 aromatic carbocycles. The zero-order valence-electron chi connectivity index (χ0n) is 15.9. The summed E-state index contributed by atoms with van der Waals surface area (Å²) in [6.45, 7) is 4.27. The first-order valence-electron chi connectivity index (χ1n) is 8.70. The molecule has 0 bridgehead atoms. The van der Waals surface area contributed by atoms with Crippen LogP contribution in [0.15, 0.2) is 40.9 Å². The number of hydrogen-bond donors (Lipinski definition) is 1. The van der Waals surface area contributed by atoms with Crippen LogP contribution in [0.2, 0.25) is 0 Å². The molecule has 1 aromatic heterocycles. The van der Waals surface area contributed by atoms with Crippen LogP contribution in [0.3, 0.4) is 0 Å². The third-order valence-electron chi connectivity index (χ3n) is 4.55. The van der Waals surface area contributed by atoms with E-state index in [1.165, 1.54) is 12.1 Å². The van der Waals surface area contributed by atoms with Gasteiger partial charge in [-0.1, -0.05) is 18.2 Å². The lowest BCUT2D eigenvalue weighted by molar-refractivity contribution is 0.0136. The zero-order chi connectivity index (χ0) is 20.6. The molecule has 0 saturated carbocycles. The average molecular weight is 453 g/mol. The fraction of sp³-hybridized carbons (Fsp3) is 0.286. The van der Waals surface area contributed by atoms with Gasteiger partial charge in [0.25, 0.3) is 5.92 Å². The van der Waals surface area contributed by atoms with Gasteiger partial charge in [-0.25, -0.2) is 13.2 Å². The maximum Gasteiger partial charge on any atom is 0.273 e. The monoisotopic (exact) mass is 452 g/mol. The minimum absolute atomic E-state index is 0.175. The van der Waals surface area contributed by atoms with E-state index in [0.717, 1.165) is 27.3 Å². The standard InChI is InChI=1S/C21H20BrF3N2O/c1-11-8-17(14-9-16(22)19(28-4)10-18(14)26-11)27-12(2)13-6-5-7-15(20(13)23)21(3,24)25/h5-10,12H,1-4H3,(H,26,27)/t12-/m1/s1. The molecule has 0 saturated heterocycles. The van der Waals surface area contributed by atoms with Crippen molar-refractivity contribution in [2.75, 3.05) is 12.4 Å². The van der Waals surface area contributed by atoms with Crippen molar-refractivity contribution in [3.05, 3.63) is 63.5 Å². The molecule has 0 unspecified atom stereocenters. The zero-order valence-corrected chi connectivity index (χ0v) is 17.5. The van der Waals surface area contributed by atoms with E-state index in [0.29, 0.717) is 18.2 Å². The molecular formula is C21H20BrF3N2O. The molecule has 3 aromatic rings. The molecule has 1 atom stereocenters. The van der Waals surface area contributed by atoms with Gasteiger partial charge in [-0.2, -0.15) is 0 Å². The second-order valence-corrected chi connectivity index (χ2v) is 7.63. The van der Waals surface area contributed by atoms with E-state index in [1.54, 1.807) is 20.1 Å². The SMILES string of the molecule is COc1cc2nc(C)cc(N[C@H](C)c3cccc(C(C)(F)F)c3F)c2cc1Br. The topological polar surface area (TPSA) is 34.1 Å². The number of alkyl halides is 2. The number of hydrogen-bond acceptors (Lipinski definition) is 3. The Hall–Kier alpha value is -2.28. The number of aromatic nitrogens is 1. The summed E-state index contributed by atoms with van der Waals surface area (Å²) in [5, 5.41) is 4.05. The molecule has 0 amide bonds. The van der Waals surface area contributed by atoms with Crippen LogP contribution < -0.4 is 10.1 Å². The highest BCUT2D eigenvalue weighted by atomic mass is 79.9. The first kappa shape index (κ1) is 20.5. The lowest BCUT2D eigenvalue weighted by Gasteiger charge is -2.21. The third kappa shape index (κ3) is 3.94. The molecule has 1 heterocycles. The van der Waals surface area contributed by atoms with Crippen molar-refractivity contribution in [2.24, 2.45) is 0 Å². The van der Waals surface area contributed by atoms with Crippen molar-refractivity contribution in [3.8, 4) is 5.75 Å². The number of pyridine rings is 1. The molecule has 0 spiro atoms. The molecule has 7 heteroatoms. The second kappa shape index (κ2) is 7.62. The predicted octanol–water partition coefficient (Wildman–Crippen LogP) is 6.74. The molecule has 0 aliphatic carbocycles. The Balaban J connectivity index is 2.05. The van der Waals surface area contributed by atoms with Gasteiger partial charge in [0.15, 0.2) is 0 Å². The number of benzene rings is 2. The van der Waals surface area contributed by atoms with Gasteiger partial charge >= 0.3 is 0 Å². The number of halogens is 4. The number of methoxy groups -OCH3 is 1. The van der Waals surface area contributed by atoms with Gasteiger partial charge in [0.2, 0.25) is 0 Å². The quantitative estimate of drug-likeness (QED) is 0.465. The number of nitrogens with one attached hydrogen (secondary N) is 1. The van der Waals surface area contributed by atoms with Crippen LogP contribution in [0.25, 0.3) is 10.9 Å². The molecule has 3 nitrogen and oxygen atoms in total. The number of aryl methyl sites for hydroxylation is 1. The number of anilines is 1. The highest BCUT2D eigenvalue weighted by Gasteiger charge is 2.30. The van der Waals surface area contributed by atoms with Crippen molar-refractivity contribution in [1.29, 1.82) is 0 Å². The number of fused-ring (bicyclic) bond motifs is 1. The van der Waals surface area contributed by atoms with Crippen molar-refractivity contribution in [2.45, 2.75) is 32.7 Å². The van der Waals surface area contributed by atoms with E-state index in [4.69, 9.17) is 4.74 Å². The molecule has 28 heavy (non-hydrogen) atoms. The van der Waals surface area contributed by atoms with E-state index < -0.39 is 23.3 Å². The van der Waals surface area contributed by atoms with Gasteiger partial charge in [0.05, 0.1) is 28.7 Å². The summed E-state index contributed by atoms with van der Waals surface area (Å²) >= 11 is 3.46. The lowest BCUT2D eigenvalue weighted by Crippen LogP contribution is -2.15. The molecule has 0 aliphatic heterocycles. The normalized spacial score (nSPS) is 12.9. The summed E-state index contributed by atoms with van der Waals surface area (Å²) < 4.78 is 48.1.